The van der Waals surface area contributed by atoms with Crippen molar-refractivity contribution in [2.24, 2.45) is 0 Å². The molecule has 0 saturated carbocycles. The van der Waals surface area contributed by atoms with Crippen LogP contribution in [0, 0.1) is 5.82 Å². The molecule has 2 heterocycles. The molecule has 1 unspecified atom stereocenters. The maximum atomic E-state index is 13.9. The van der Waals surface area contributed by atoms with Crippen molar-refractivity contribution in [2.75, 3.05) is 13.2 Å². The third kappa shape index (κ3) is 6.64. The van der Waals surface area contributed by atoms with Gasteiger partial charge in [-0.3, -0.25) is 19.0 Å². The highest BCUT2D eigenvalue weighted by molar-refractivity contribution is 5.81. The summed E-state index contributed by atoms with van der Waals surface area (Å²) in [6.07, 6.45) is -4.03. The van der Waals surface area contributed by atoms with Gasteiger partial charge in [0.1, 0.15) is 23.2 Å². The smallest absolute Gasteiger partial charge is 0.419 e. The van der Waals surface area contributed by atoms with Crippen LogP contribution in [0.3, 0.4) is 0 Å². The molecular weight excluding hydrogens is 556 g/mol. The van der Waals surface area contributed by atoms with Crippen LogP contribution in [0.1, 0.15) is 50.2 Å². The maximum absolute atomic E-state index is 13.9. The number of halogens is 4. The largest absolute Gasteiger partial charge is 0.494 e. The van der Waals surface area contributed by atoms with Crippen molar-refractivity contribution < 1.29 is 31.9 Å². The van der Waals surface area contributed by atoms with Crippen molar-refractivity contribution in [1.82, 2.24) is 19.4 Å². The molecule has 0 bridgehead atoms. The topological polar surface area (TPSA) is 94.4 Å². The summed E-state index contributed by atoms with van der Waals surface area (Å²) < 4.78 is 60.6. The van der Waals surface area contributed by atoms with E-state index in [1.54, 1.807) is 43.3 Å². The number of ether oxygens (including phenoxy) is 1. The highest BCUT2D eigenvalue weighted by Crippen LogP contribution is 2.32. The summed E-state index contributed by atoms with van der Waals surface area (Å²) in [5.41, 5.74) is -1.44. The highest BCUT2D eigenvalue weighted by Gasteiger charge is 2.35. The van der Waals surface area contributed by atoms with Crippen molar-refractivity contribution in [3.05, 3.63) is 93.9 Å². The molecule has 0 radical (unpaired) electrons. The Bertz CT molecular complexity index is 1670. The number of nitrogens with zero attached hydrogens (tertiary/aromatic N) is 4. The molecule has 0 N–H and O–H groups in total. The summed E-state index contributed by atoms with van der Waals surface area (Å²) in [7, 11) is 0. The summed E-state index contributed by atoms with van der Waals surface area (Å²) in [6, 6.07) is 11.3. The predicted molar refractivity (Wildman–Crippen MR) is 147 cm³/mol. The van der Waals surface area contributed by atoms with E-state index in [0.717, 1.165) is 6.07 Å². The molecule has 0 aliphatic rings. The molecule has 0 fully saturated rings. The van der Waals surface area contributed by atoms with Crippen molar-refractivity contribution >= 4 is 22.7 Å². The number of fused-ring (bicyclic) bond motifs is 1. The van der Waals surface area contributed by atoms with Crippen LogP contribution in [0.4, 0.5) is 17.6 Å². The molecule has 0 aliphatic heterocycles. The first-order valence-corrected chi connectivity index (χ1v) is 13.2. The first-order valence-electron chi connectivity index (χ1n) is 13.2. The molecule has 0 spiro atoms. The minimum atomic E-state index is -4.94. The normalized spacial score (nSPS) is 12.3. The fourth-order valence-electron chi connectivity index (χ4n) is 4.55. The predicted octanol–water partition coefficient (Wildman–Crippen LogP) is 5.45. The zero-order valence-corrected chi connectivity index (χ0v) is 23.1. The number of carbonyl (C=O) groups is 2. The average molecular weight is 585 g/mol. The fourth-order valence-corrected chi connectivity index (χ4v) is 4.55. The van der Waals surface area contributed by atoms with Gasteiger partial charge in [0.05, 0.1) is 35.7 Å². The van der Waals surface area contributed by atoms with Gasteiger partial charge in [-0.2, -0.15) is 13.2 Å². The lowest BCUT2D eigenvalue weighted by molar-refractivity contribution is -0.140. The van der Waals surface area contributed by atoms with Crippen molar-refractivity contribution in [2.45, 2.75) is 45.8 Å². The molecule has 220 valence electrons. The van der Waals surface area contributed by atoms with Gasteiger partial charge in [-0.1, -0.05) is 6.07 Å². The van der Waals surface area contributed by atoms with E-state index in [1.807, 2.05) is 6.92 Å². The van der Waals surface area contributed by atoms with E-state index in [0.29, 0.717) is 30.2 Å². The standard InChI is InChI=1S/C30H28F4N4O4/c1-4-42-22-10-8-21(9-11-22)38-28(36-27-23(29(38)41)6-5-14-35-27)19(3)37(15-13-18(2)39)26(40)17-20-7-12-25(31)24(16-20)30(32,33)34/h5-12,14,16,19H,4,13,15,17H2,1-3H3. The van der Waals surface area contributed by atoms with Gasteiger partial charge in [0.2, 0.25) is 5.91 Å². The van der Waals surface area contributed by atoms with Crippen molar-refractivity contribution in [3.8, 4) is 11.4 Å². The lowest BCUT2D eigenvalue weighted by Gasteiger charge is -2.30. The molecule has 4 rings (SSSR count). The van der Waals surface area contributed by atoms with Crippen LogP contribution in [-0.4, -0.2) is 44.3 Å². The number of amides is 1. The van der Waals surface area contributed by atoms with Crippen molar-refractivity contribution in [1.29, 1.82) is 0 Å². The van der Waals surface area contributed by atoms with Crippen LogP contribution < -0.4 is 10.3 Å². The Kier molecular flexibility index (Phi) is 9.03. The van der Waals surface area contributed by atoms with Crippen LogP contribution in [-0.2, 0) is 22.2 Å². The monoisotopic (exact) mass is 584 g/mol. The molecule has 42 heavy (non-hydrogen) atoms. The summed E-state index contributed by atoms with van der Waals surface area (Å²) in [4.78, 5) is 49.3. The molecule has 2 aromatic carbocycles. The highest BCUT2D eigenvalue weighted by atomic mass is 19.4. The number of hydrogen-bond donors (Lipinski definition) is 0. The lowest BCUT2D eigenvalue weighted by Crippen LogP contribution is -2.39. The van der Waals surface area contributed by atoms with Gasteiger partial charge in [0, 0.05) is 19.2 Å². The van der Waals surface area contributed by atoms with Crippen LogP contribution in [0.2, 0.25) is 0 Å². The molecule has 0 saturated heterocycles. The Labute approximate surface area is 238 Å². The van der Waals surface area contributed by atoms with Gasteiger partial charge >= 0.3 is 6.18 Å². The number of Topliss-reactive ketones (excluding diaryl/α,β-unsaturated/α-hetero) is 1. The number of alkyl halides is 3. The van der Waals surface area contributed by atoms with E-state index in [-0.39, 0.29) is 41.2 Å². The van der Waals surface area contributed by atoms with Gasteiger partial charge in [-0.15, -0.1) is 0 Å². The summed E-state index contributed by atoms with van der Waals surface area (Å²) in [5, 5.41) is 0.231. The average Bonchev–Trinajstić information content (AvgIpc) is 2.94. The van der Waals surface area contributed by atoms with Gasteiger partial charge in [0.15, 0.2) is 5.65 Å². The Morgan fingerprint density at radius 3 is 2.45 bits per heavy atom. The van der Waals surface area contributed by atoms with Crippen LogP contribution >= 0.6 is 0 Å². The van der Waals surface area contributed by atoms with Gasteiger partial charge in [0.25, 0.3) is 5.56 Å². The number of pyridine rings is 1. The van der Waals surface area contributed by atoms with Gasteiger partial charge in [-0.05, 0) is 74.9 Å². The molecular formula is C30H28F4N4O4. The van der Waals surface area contributed by atoms with E-state index >= 15 is 0 Å². The Balaban J connectivity index is 1.81. The first-order chi connectivity index (χ1) is 19.9. The van der Waals surface area contributed by atoms with E-state index in [9.17, 15) is 31.9 Å². The number of benzene rings is 2. The van der Waals surface area contributed by atoms with E-state index < -0.39 is 41.5 Å². The molecule has 2 aromatic heterocycles. The van der Waals surface area contributed by atoms with E-state index in [4.69, 9.17) is 4.74 Å². The quantitative estimate of drug-likeness (QED) is 0.230. The second-order valence-corrected chi connectivity index (χ2v) is 9.62. The van der Waals surface area contributed by atoms with E-state index in [2.05, 4.69) is 9.97 Å². The summed E-state index contributed by atoms with van der Waals surface area (Å²) >= 11 is 0. The molecule has 1 amide bonds. The zero-order chi connectivity index (χ0) is 30.6. The fraction of sp³-hybridized carbons (Fsp3) is 0.300. The van der Waals surface area contributed by atoms with Gasteiger partial charge in [-0.25, -0.2) is 14.4 Å². The number of rotatable bonds is 10. The summed E-state index contributed by atoms with van der Waals surface area (Å²) in [6.45, 7) is 5.13. The van der Waals surface area contributed by atoms with Crippen LogP contribution in [0.5, 0.6) is 5.75 Å². The number of hydrogen-bond acceptors (Lipinski definition) is 6. The SMILES string of the molecule is CCOc1ccc(-n2c(C(C)N(CCC(C)=O)C(=O)Cc3ccc(F)c(C(F)(F)F)c3)nc3ncccc3c2=O)cc1. The molecule has 4 aromatic rings. The second kappa shape index (κ2) is 12.5. The van der Waals surface area contributed by atoms with Crippen molar-refractivity contribution in [3.63, 3.8) is 0 Å². The minimum absolute atomic E-state index is 0.0492. The van der Waals surface area contributed by atoms with Gasteiger partial charge < -0.3 is 9.64 Å². The van der Waals surface area contributed by atoms with E-state index in [1.165, 1.54) is 22.6 Å². The second-order valence-electron chi connectivity index (χ2n) is 9.62. The van der Waals surface area contributed by atoms with Crippen LogP contribution in [0.15, 0.2) is 65.6 Å². The third-order valence-corrected chi connectivity index (χ3v) is 6.63. The number of aromatic nitrogens is 3. The number of carbonyl (C=O) groups excluding carboxylic acids is 2. The molecule has 1 atom stereocenters. The Morgan fingerprint density at radius 2 is 1.81 bits per heavy atom. The maximum Gasteiger partial charge on any atom is 0.419 e. The molecule has 12 heteroatoms. The Morgan fingerprint density at radius 1 is 1.10 bits per heavy atom. The third-order valence-electron chi connectivity index (χ3n) is 6.63. The molecule has 0 aliphatic carbocycles. The molecule has 8 nitrogen and oxygen atoms in total. The zero-order valence-electron chi connectivity index (χ0n) is 23.1. The lowest BCUT2D eigenvalue weighted by atomic mass is 10.1. The number of ketones is 1. The minimum Gasteiger partial charge on any atom is -0.494 e. The first kappa shape index (κ1) is 30.4. The Hall–Kier alpha value is -4.61. The summed E-state index contributed by atoms with van der Waals surface area (Å²) in [5.74, 6) is -1.61. The van der Waals surface area contributed by atoms with Crippen LogP contribution in [0.25, 0.3) is 16.7 Å².